The highest BCUT2D eigenvalue weighted by molar-refractivity contribution is 6.30. The molecule has 0 saturated carbocycles. The molecule has 7 heteroatoms. The van der Waals surface area contributed by atoms with Crippen LogP contribution in [0.1, 0.15) is 30.6 Å². The predicted molar refractivity (Wildman–Crippen MR) is 110 cm³/mol. The van der Waals surface area contributed by atoms with E-state index in [0.29, 0.717) is 30.5 Å². The number of rotatable bonds is 6. The van der Waals surface area contributed by atoms with E-state index in [1.165, 1.54) is 0 Å². The Morgan fingerprint density at radius 1 is 1.19 bits per heavy atom. The van der Waals surface area contributed by atoms with E-state index >= 15 is 0 Å². The number of benzene rings is 1. The van der Waals surface area contributed by atoms with Crippen LogP contribution in [-0.2, 0) is 0 Å². The van der Waals surface area contributed by atoms with Crippen LogP contribution in [0.25, 0.3) is 0 Å². The Kier molecular flexibility index (Phi) is 6.50. The summed E-state index contributed by atoms with van der Waals surface area (Å²) in [5, 5.41) is 3.91. The van der Waals surface area contributed by atoms with Crippen molar-refractivity contribution in [3.05, 3.63) is 47.2 Å². The van der Waals surface area contributed by atoms with E-state index in [4.69, 9.17) is 11.6 Å². The third-order valence-electron chi connectivity index (χ3n) is 4.64. The number of carbonyl (C=O) groups is 1. The molecule has 0 unspecified atom stereocenters. The monoisotopic (exact) mass is 387 g/mol. The number of halogens is 1. The molecule has 0 aliphatic carbocycles. The maximum absolute atomic E-state index is 12.7. The molecule has 0 bridgehead atoms. The van der Waals surface area contributed by atoms with Gasteiger partial charge in [-0.15, -0.1) is 0 Å². The van der Waals surface area contributed by atoms with Crippen molar-refractivity contribution in [2.75, 3.05) is 42.9 Å². The van der Waals surface area contributed by atoms with Crippen LogP contribution in [0.15, 0.2) is 36.7 Å². The largest absolute Gasteiger partial charge is 0.368 e. The summed E-state index contributed by atoms with van der Waals surface area (Å²) in [7, 11) is 0. The Morgan fingerprint density at radius 2 is 1.89 bits per heavy atom. The lowest BCUT2D eigenvalue weighted by Crippen LogP contribution is -2.48. The van der Waals surface area contributed by atoms with Crippen molar-refractivity contribution in [3.63, 3.8) is 0 Å². The number of hydrogen-bond donors (Lipinski definition) is 1. The number of amides is 1. The highest BCUT2D eigenvalue weighted by atomic mass is 35.5. The maximum Gasteiger partial charge on any atom is 0.257 e. The Hall–Kier alpha value is -2.34. The Balaban J connectivity index is 1.53. The number of anilines is 2. The smallest absolute Gasteiger partial charge is 0.257 e. The van der Waals surface area contributed by atoms with Gasteiger partial charge in [-0.25, -0.2) is 9.97 Å². The summed E-state index contributed by atoms with van der Waals surface area (Å²) >= 11 is 6.07. The van der Waals surface area contributed by atoms with Crippen molar-refractivity contribution in [2.24, 2.45) is 5.92 Å². The van der Waals surface area contributed by atoms with Crippen molar-refractivity contribution in [1.82, 2.24) is 14.9 Å². The van der Waals surface area contributed by atoms with Gasteiger partial charge in [-0.05, 0) is 30.5 Å². The number of aromatic nitrogens is 2. The van der Waals surface area contributed by atoms with Gasteiger partial charge in [-0.1, -0.05) is 31.5 Å². The first-order chi connectivity index (χ1) is 13.0. The van der Waals surface area contributed by atoms with E-state index in [2.05, 4.69) is 34.0 Å². The normalized spacial score (nSPS) is 14.5. The summed E-state index contributed by atoms with van der Waals surface area (Å²) in [6, 6.07) is 7.82. The van der Waals surface area contributed by atoms with Crippen LogP contribution in [0.2, 0.25) is 5.02 Å². The van der Waals surface area contributed by atoms with Gasteiger partial charge in [0.1, 0.15) is 0 Å². The van der Waals surface area contributed by atoms with Gasteiger partial charge in [-0.2, -0.15) is 0 Å². The number of nitrogens with zero attached hydrogens (tertiary/aromatic N) is 4. The van der Waals surface area contributed by atoms with Crippen LogP contribution in [0, 0.1) is 5.92 Å². The molecule has 1 amide bonds. The molecule has 6 nitrogen and oxygen atoms in total. The number of nitrogens with one attached hydrogen (secondary N) is 1. The summed E-state index contributed by atoms with van der Waals surface area (Å²) in [6.45, 7) is 8.08. The number of hydrogen-bond acceptors (Lipinski definition) is 5. The molecule has 0 spiro atoms. The van der Waals surface area contributed by atoms with Crippen molar-refractivity contribution < 1.29 is 4.79 Å². The second-order valence-electron chi connectivity index (χ2n) is 7.16. The molecule has 3 rings (SSSR count). The molecule has 0 atom stereocenters. The van der Waals surface area contributed by atoms with E-state index in [1.807, 2.05) is 29.2 Å². The van der Waals surface area contributed by atoms with Crippen molar-refractivity contribution in [3.8, 4) is 0 Å². The van der Waals surface area contributed by atoms with Gasteiger partial charge in [0.15, 0.2) is 0 Å². The average molecular weight is 388 g/mol. The molecule has 1 N–H and O–H groups in total. The zero-order chi connectivity index (χ0) is 19.2. The van der Waals surface area contributed by atoms with Gasteiger partial charge in [0.05, 0.1) is 5.56 Å². The van der Waals surface area contributed by atoms with Gasteiger partial charge in [0, 0.05) is 55.8 Å². The fraction of sp³-hybridized carbons (Fsp3) is 0.450. The fourth-order valence-corrected chi connectivity index (χ4v) is 3.21. The first-order valence-electron chi connectivity index (χ1n) is 9.38. The van der Waals surface area contributed by atoms with Crippen LogP contribution in [0.4, 0.5) is 11.6 Å². The molecule has 1 saturated heterocycles. The minimum atomic E-state index is -0.0190. The molecule has 1 aromatic carbocycles. The summed E-state index contributed by atoms with van der Waals surface area (Å²) in [4.78, 5) is 25.3. The fourth-order valence-electron chi connectivity index (χ4n) is 3.03. The van der Waals surface area contributed by atoms with Crippen LogP contribution in [0.3, 0.4) is 0 Å². The first kappa shape index (κ1) is 19.4. The molecule has 0 radical (unpaired) electrons. The summed E-state index contributed by atoms with van der Waals surface area (Å²) in [5.41, 5.74) is 1.62. The zero-order valence-electron chi connectivity index (χ0n) is 15.9. The van der Waals surface area contributed by atoms with E-state index in [-0.39, 0.29) is 5.91 Å². The quantitative estimate of drug-likeness (QED) is 0.821. The van der Waals surface area contributed by atoms with E-state index in [1.54, 1.807) is 12.4 Å². The van der Waals surface area contributed by atoms with Crippen molar-refractivity contribution in [2.45, 2.75) is 20.3 Å². The molecule has 1 aliphatic heterocycles. The topological polar surface area (TPSA) is 61.4 Å². The minimum Gasteiger partial charge on any atom is -0.368 e. The lowest BCUT2D eigenvalue weighted by molar-refractivity contribution is 0.0746. The van der Waals surface area contributed by atoms with Gasteiger partial charge in [-0.3, -0.25) is 4.79 Å². The molecule has 27 heavy (non-hydrogen) atoms. The van der Waals surface area contributed by atoms with Gasteiger partial charge in [0.25, 0.3) is 5.91 Å². The van der Waals surface area contributed by atoms with E-state index in [9.17, 15) is 4.79 Å². The van der Waals surface area contributed by atoms with Crippen molar-refractivity contribution in [1.29, 1.82) is 0 Å². The third kappa shape index (κ3) is 5.32. The van der Waals surface area contributed by atoms with E-state index in [0.717, 1.165) is 36.8 Å². The van der Waals surface area contributed by atoms with Crippen molar-refractivity contribution >= 4 is 29.1 Å². The second kappa shape index (κ2) is 9.04. The lowest BCUT2D eigenvalue weighted by atomic mass is 10.1. The standard InChI is InChI=1S/C20H26ClN5O/c1-15(2)6-7-22-20-23-13-16(14-24-20)19(27)26-10-8-25(9-11-26)18-5-3-4-17(21)12-18/h3-5,12-15H,6-11H2,1-2H3,(H,22,23,24). The predicted octanol–water partition coefficient (Wildman–Crippen LogP) is 3.55. The molecule has 1 aromatic heterocycles. The number of carbonyl (C=O) groups excluding carboxylic acids is 1. The summed E-state index contributed by atoms with van der Waals surface area (Å²) < 4.78 is 0. The van der Waals surface area contributed by atoms with Crippen LogP contribution >= 0.6 is 11.6 Å². The second-order valence-corrected chi connectivity index (χ2v) is 7.60. The lowest BCUT2D eigenvalue weighted by Gasteiger charge is -2.36. The Bertz CT molecular complexity index is 757. The van der Waals surface area contributed by atoms with Crippen LogP contribution < -0.4 is 10.2 Å². The number of piperazine rings is 1. The van der Waals surface area contributed by atoms with Crippen LogP contribution in [-0.4, -0.2) is 53.5 Å². The summed E-state index contributed by atoms with van der Waals surface area (Å²) in [5.74, 6) is 1.18. The Labute approximate surface area is 165 Å². The van der Waals surface area contributed by atoms with Gasteiger partial charge < -0.3 is 15.1 Å². The summed E-state index contributed by atoms with van der Waals surface area (Å²) in [6.07, 6.45) is 4.27. The van der Waals surface area contributed by atoms with Crippen LogP contribution in [0.5, 0.6) is 0 Å². The Morgan fingerprint density at radius 3 is 2.52 bits per heavy atom. The molecule has 1 fully saturated rings. The zero-order valence-corrected chi connectivity index (χ0v) is 16.6. The molecular weight excluding hydrogens is 362 g/mol. The average Bonchev–Trinajstić information content (AvgIpc) is 2.68. The van der Waals surface area contributed by atoms with Gasteiger partial charge >= 0.3 is 0 Å². The molecule has 2 aromatic rings. The first-order valence-corrected chi connectivity index (χ1v) is 9.76. The maximum atomic E-state index is 12.7. The molecule has 144 valence electrons. The molecule has 1 aliphatic rings. The van der Waals surface area contributed by atoms with E-state index < -0.39 is 0 Å². The minimum absolute atomic E-state index is 0.0190. The van der Waals surface area contributed by atoms with Gasteiger partial charge in [0.2, 0.25) is 5.95 Å². The SMILES string of the molecule is CC(C)CCNc1ncc(C(=O)N2CCN(c3cccc(Cl)c3)CC2)cn1. The molecular formula is C20H26ClN5O. The molecule has 2 heterocycles. The highest BCUT2D eigenvalue weighted by Gasteiger charge is 2.23. The third-order valence-corrected chi connectivity index (χ3v) is 4.88. The highest BCUT2D eigenvalue weighted by Crippen LogP contribution is 2.21.